The van der Waals surface area contributed by atoms with E-state index in [1.165, 1.54) is 0 Å². The fraction of sp³-hybridized carbons (Fsp3) is 0.182. The third kappa shape index (κ3) is 3.33. The smallest absolute Gasteiger partial charge is 0.316 e. The third-order valence-electron chi connectivity index (χ3n) is 1.82. The lowest BCUT2D eigenvalue weighted by molar-refractivity contribution is 0.259. The molecule has 78 valence electrons. The predicted molar refractivity (Wildman–Crippen MR) is 60.3 cm³/mol. The first-order chi connectivity index (χ1) is 7.13. The van der Waals surface area contributed by atoms with Crippen molar-refractivity contribution in [2.75, 3.05) is 11.9 Å². The first-order valence-electron chi connectivity index (χ1n) is 4.49. The van der Waals surface area contributed by atoms with Gasteiger partial charge in [-0.25, -0.2) is 4.79 Å². The normalized spacial score (nSPS) is 8.93. The third-order valence-corrected chi connectivity index (χ3v) is 1.82. The maximum Gasteiger partial charge on any atom is 0.316 e. The average Bonchev–Trinajstić information content (AvgIpc) is 2.15. The number of hydrogen-bond acceptors (Lipinski definition) is 2. The summed E-state index contributed by atoms with van der Waals surface area (Å²) in [6.07, 6.45) is 0. The summed E-state index contributed by atoms with van der Waals surface area (Å²) in [4.78, 5) is 10.6. The van der Waals surface area contributed by atoms with Crippen molar-refractivity contribution < 1.29 is 4.79 Å². The van der Waals surface area contributed by atoms with Crippen molar-refractivity contribution in [2.45, 2.75) is 6.92 Å². The Morgan fingerprint density at radius 3 is 2.80 bits per heavy atom. The lowest BCUT2D eigenvalue weighted by Gasteiger charge is -2.04. The summed E-state index contributed by atoms with van der Waals surface area (Å²) in [5.41, 5.74) is 12.8. The second-order valence-electron chi connectivity index (χ2n) is 3.02. The van der Waals surface area contributed by atoms with E-state index >= 15 is 0 Å². The number of anilines is 1. The number of nitrogens with two attached hydrogens (primary N) is 2. The molecule has 1 aromatic rings. The zero-order valence-electron chi connectivity index (χ0n) is 8.50. The molecule has 5 N–H and O–H groups in total. The van der Waals surface area contributed by atoms with E-state index in [-0.39, 0.29) is 0 Å². The highest BCUT2D eigenvalue weighted by Gasteiger charge is 1.99. The lowest BCUT2D eigenvalue weighted by atomic mass is 10.1. The van der Waals surface area contributed by atoms with Crippen molar-refractivity contribution >= 4 is 11.7 Å². The summed E-state index contributed by atoms with van der Waals surface area (Å²) >= 11 is 0. The molecule has 0 spiro atoms. The minimum atomic E-state index is -0.574. The quantitative estimate of drug-likeness (QED) is 0.590. The molecule has 0 aliphatic carbocycles. The highest BCUT2D eigenvalue weighted by molar-refractivity contribution is 5.87. The molecule has 4 nitrogen and oxygen atoms in total. The van der Waals surface area contributed by atoms with Crippen LogP contribution in [-0.4, -0.2) is 12.6 Å². The summed E-state index contributed by atoms with van der Waals surface area (Å²) in [5, 5.41) is 2.49. The van der Waals surface area contributed by atoms with Crippen molar-refractivity contribution in [3.8, 4) is 11.8 Å². The van der Waals surface area contributed by atoms with Crippen molar-refractivity contribution in [3.05, 3.63) is 29.3 Å². The molecule has 0 unspecified atom stereocenters. The SMILES string of the molecule is Cc1cc(NC(N)=O)ccc1C#CCN. The monoisotopic (exact) mass is 203 g/mol. The molecule has 0 radical (unpaired) electrons. The van der Waals surface area contributed by atoms with Crippen LogP contribution in [0, 0.1) is 18.8 Å². The number of hydrogen-bond donors (Lipinski definition) is 3. The van der Waals surface area contributed by atoms with E-state index in [0.717, 1.165) is 11.1 Å². The molecule has 0 aliphatic rings. The number of primary amides is 1. The molecule has 0 aliphatic heterocycles. The van der Waals surface area contributed by atoms with Gasteiger partial charge in [0, 0.05) is 11.3 Å². The molecule has 4 heteroatoms. The van der Waals surface area contributed by atoms with Crippen molar-refractivity contribution in [2.24, 2.45) is 11.5 Å². The summed E-state index contributed by atoms with van der Waals surface area (Å²) < 4.78 is 0. The number of aryl methyl sites for hydroxylation is 1. The summed E-state index contributed by atoms with van der Waals surface area (Å²) in [6.45, 7) is 2.24. The van der Waals surface area contributed by atoms with Crippen molar-refractivity contribution in [1.82, 2.24) is 0 Å². The van der Waals surface area contributed by atoms with E-state index in [9.17, 15) is 4.79 Å². The van der Waals surface area contributed by atoms with Crippen LogP contribution in [0.5, 0.6) is 0 Å². The molecule has 15 heavy (non-hydrogen) atoms. The van der Waals surface area contributed by atoms with Crippen LogP contribution < -0.4 is 16.8 Å². The highest BCUT2D eigenvalue weighted by atomic mass is 16.2. The average molecular weight is 203 g/mol. The first kappa shape index (κ1) is 11.1. The lowest BCUT2D eigenvalue weighted by Crippen LogP contribution is -2.19. The Bertz CT molecular complexity index is 429. The van der Waals surface area contributed by atoms with Crippen LogP contribution in [0.15, 0.2) is 18.2 Å². The van der Waals surface area contributed by atoms with Gasteiger partial charge in [0.05, 0.1) is 6.54 Å². The van der Waals surface area contributed by atoms with Gasteiger partial charge in [-0.15, -0.1) is 0 Å². The largest absolute Gasteiger partial charge is 0.351 e. The zero-order chi connectivity index (χ0) is 11.3. The zero-order valence-corrected chi connectivity index (χ0v) is 8.50. The van der Waals surface area contributed by atoms with Gasteiger partial charge in [0.25, 0.3) is 0 Å². The molecule has 0 bridgehead atoms. The molecule has 1 rings (SSSR count). The Balaban J connectivity index is 2.92. The Hall–Kier alpha value is -1.99. The Kier molecular flexibility index (Phi) is 3.72. The van der Waals surface area contributed by atoms with Gasteiger partial charge in [0.15, 0.2) is 0 Å². The molecule has 0 heterocycles. The highest BCUT2D eigenvalue weighted by Crippen LogP contribution is 2.13. The second-order valence-corrected chi connectivity index (χ2v) is 3.02. The van der Waals surface area contributed by atoms with Crippen LogP contribution in [-0.2, 0) is 0 Å². The fourth-order valence-corrected chi connectivity index (χ4v) is 1.17. The van der Waals surface area contributed by atoms with E-state index < -0.39 is 6.03 Å². The number of urea groups is 1. The summed E-state index contributed by atoms with van der Waals surface area (Å²) in [7, 11) is 0. The summed E-state index contributed by atoms with van der Waals surface area (Å²) in [5.74, 6) is 5.71. The molecule has 0 aromatic heterocycles. The van der Waals surface area contributed by atoms with Gasteiger partial charge >= 0.3 is 6.03 Å². The number of rotatable bonds is 1. The van der Waals surface area contributed by atoms with Gasteiger partial charge in [-0.1, -0.05) is 11.8 Å². The first-order valence-corrected chi connectivity index (χ1v) is 4.49. The maximum atomic E-state index is 10.6. The molecular formula is C11H13N3O. The van der Waals surface area contributed by atoms with E-state index in [2.05, 4.69) is 17.2 Å². The van der Waals surface area contributed by atoms with Crippen molar-refractivity contribution in [3.63, 3.8) is 0 Å². The Labute approximate surface area is 88.6 Å². The Morgan fingerprint density at radius 2 is 2.27 bits per heavy atom. The van der Waals surface area contributed by atoms with Crippen LogP contribution in [0.1, 0.15) is 11.1 Å². The van der Waals surface area contributed by atoms with E-state index in [1.54, 1.807) is 6.07 Å². The van der Waals surface area contributed by atoms with Crippen LogP contribution in [0.2, 0.25) is 0 Å². The molecular weight excluding hydrogens is 190 g/mol. The number of amides is 2. The molecule has 0 fully saturated rings. The van der Waals surface area contributed by atoms with Gasteiger partial charge in [-0.2, -0.15) is 0 Å². The number of carbonyl (C=O) groups is 1. The summed E-state index contributed by atoms with van der Waals surface area (Å²) in [6, 6.07) is 4.81. The molecule has 1 aromatic carbocycles. The van der Waals surface area contributed by atoms with Gasteiger partial charge < -0.3 is 16.8 Å². The topological polar surface area (TPSA) is 81.1 Å². The van der Waals surface area contributed by atoms with Gasteiger partial charge in [0.1, 0.15) is 0 Å². The minimum Gasteiger partial charge on any atom is -0.351 e. The van der Waals surface area contributed by atoms with Crippen LogP contribution in [0.3, 0.4) is 0 Å². The van der Waals surface area contributed by atoms with Crippen LogP contribution in [0.4, 0.5) is 10.5 Å². The second kappa shape index (κ2) is 5.03. The maximum absolute atomic E-state index is 10.6. The molecule has 0 atom stereocenters. The number of carbonyl (C=O) groups excluding carboxylic acids is 1. The number of benzene rings is 1. The minimum absolute atomic E-state index is 0.334. The standard InChI is InChI=1S/C11H13N3O/c1-8-7-10(14-11(13)15)5-4-9(8)3-2-6-12/h4-5,7H,6,12H2,1H3,(H3,13,14,15). The molecule has 2 amide bonds. The van der Waals surface area contributed by atoms with E-state index in [0.29, 0.717) is 12.2 Å². The number of nitrogens with one attached hydrogen (secondary N) is 1. The molecule has 0 saturated heterocycles. The molecule has 0 saturated carbocycles. The van der Waals surface area contributed by atoms with Gasteiger partial charge in [-0.05, 0) is 30.7 Å². The predicted octanol–water partition coefficient (Wildman–Crippen LogP) is 0.796. The van der Waals surface area contributed by atoms with E-state index in [4.69, 9.17) is 11.5 Å². The Morgan fingerprint density at radius 1 is 1.53 bits per heavy atom. The van der Waals surface area contributed by atoms with Gasteiger partial charge in [0.2, 0.25) is 0 Å². The van der Waals surface area contributed by atoms with E-state index in [1.807, 2.05) is 19.1 Å². The fourth-order valence-electron chi connectivity index (χ4n) is 1.17. The van der Waals surface area contributed by atoms with Crippen LogP contribution in [0.25, 0.3) is 0 Å². The van der Waals surface area contributed by atoms with Crippen LogP contribution >= 0.6 is 0 Å². The van der Waals surface area contributed by atoms with Gasteiger partial charge in [-0.3, -0.25) is 0 Å². The van der Waals surface area contributed by atoms with Crippen molar-refractivity contribution in [1.29, 1.82) is 0 Å².